The van der Waals surface area contributed by atoms with Crippen molar-refractivity contribution in [2.45, 2.75) is 268 Å². The van der Waals surface area contributed by atoms with Crippen molar-refractivity contribution in [2.75, 3.05) is 19.8 Å². The molecule has 9 rings (SSSR count). The van der Waals surface area contributed by atoms with E-state index in [0.717, 1.165) is 5.57 Å². The standard InChI is InChI=1S/C61H96O27/c1-12-24(2)51(78)83-34-20-56(5,6)19-28-27-13-14-32-58(9)17-16-33(57(7,8)31(58)15-18-59(32,10)60(27,11)49(80-26(4)65)48(75)61(28,34)23-64)84-55-46(87-52-41(72)38(69)35(66)25(3)79-52)43(74)44(47(88-55)50(76)77)85-54-45(40(71)37(68)30(22-63)82-54)86-53-42(73)39(70)36(67)29(21-62)81-53/h12-13,25,28-49,52-55,62-64,66-75H,14-23H2,1-11H3,(H,76,77)/b24-12-/t25-,28-,29+,30+,31?,32?,33-,34-,35-,36+,37-,38+,39-,40-,41+,42+,43-,44-,45+,46+,47-,48+,49-,52?,53-,54-,55+,58-,59+,60-,61+/m0/s1. The van der Waals surface area contributed by atoms with Gasteiger partial charge in [-0.2, -0.15) is 0 Å². The van der Waals surface area contributed by atoms with Crippen molar-refractivity contribution in [1.82, 2.24) is 0 Å². The molecule has 0 aromatic heterocycles. The van der Waals surface area contributed by atoms with Crippen LogP contribution in [0.5, 0.6) is 0 Å². The van der Waals surface area contributed by atoms with Crippen molar-refractivity contribution in [3.05, 3.63) is 23.3 Å². The number of rotatable bonds is 15. The van der Waals surface area contributed by atoms with Crippen molar-refractivity contribution in [3.8, 4) is 0 Å². The molecule has 14 N–H and O–H groups in total. The molecule has 502 valence electrons. The fourth-order valence-electron chi connectivity index (χ4n) is 17.7. The molecular formula is C61H96O27. The Morgan fingerprint density at radius 3 is 1.75 bits per heavy atom. The summed E-state index contributed by atoms with van der Waals surface area (Å²) in [6.07, 6.45) is -35.4. The maximum atomic E-state index is 13.6. The van der Waals surface area contributed by atoms with Crippen LogP contribution in [0.1, 0.15) is 121 Å². The third kappa shape index (κ3) is 11.3. The van der Waals surface area contributed by atoms with Crippen LogP contribution in [0.2, 0.25) is 0 Å². The highest BCUT2D eigenvalue weighted by atomic mass is 16.8. The molecule has 4 saturated carbocycles. The van der Waals surface area contributed by atoms with Gasteiger partial charge in [-0.1, -0.05) is 66.2 Å². The highest BCUT2D eigenvalue weighted by Gasteiger charge is 2.76. The zero-order valence-electron chi connectivity index (χ0n) is 51.9. The maximum absolute atomic E-state index is 13.6. The molecule has 4 saturated heterocycles. The Labute approximate surface area is 511 Å². The van der Waals surface area contributed by atoms with Crippen LogP contribution < -0.4 is 0 Å². The van der Waals surface area contributed by atoms with Crippen LogP contribution in [-0.4, -0.2) is 256 Å². The van der Waals surface area contributed by atoms with Gasteiger partial charge in [-0.25, -0.2) is 9.59 Å². The van der Waals surface area contributed by atoms with Crippen LogP contribution in [-0.2, 0) is 61.8 Å². The van der Waals surface area contributed by atoms with Crippen LogP contribution in [0.15, 0.2) is 23.3 Å². The largest absolute Gasteiger partial charge is 0.479 e. The maximum Gasteiger partial charge on any atom is 0.335 e. The number of aliphatic hydroxyl groups excluding tert-OH is 13. The number of hydrogen-bond acceptors (Lipinski definition) is 26. The summed E-state index contributed by atoms with van der Waals surface area (Å²) in [4.78, 5) is 40.5. The lowest BCUT2D eigenvalue weighted by Gasteiger charge is -2.73. The molecule has 5 aliphatic carbocycles. The number of aliphatic carboxylic acids is 1. The molecule has 9 aliphatic rings. The third-order valence-corrected chi connectivity index (χ3v) is 22.9. The molecule has 4 heterocycles. The van der Waals surface area contributed by atoms with Crippen LogP contribution in [0.25, 0.3) is 0 Å². The number of aliphatic hydroxyl groups is 13. The van der Waals surface area contributed by atoms with Gasteiger partial charge in [0.2, 0.25) is 0 Å². The number of carboxylic acid groups (broad SMARTS) is 1. The molecule has 27 nitrogen and oxygen atoms in total. The summed E-state index contributed by atoms with van der Waals surface area (Å²) in [5.74, 6) is -3.78. The second kappa shape index (κ2) is 25.4. The summed E-state index contributed by atoms with van der Waals surface area (Å²) >= 11 is 0. The van der Waals surface area contributed by atoms with E-state index in [1.54, 1.807) is 19.9 Å². The van der Waals surface area contributed by atoms with Gasteiger partial charge in [0.15, 0.2) is 31.3 Å². The van der Waals surface area contributed by atoms with Gasteiger partial charge in [-0.15, -0.1) is 0 Å². The lowest BCUT2D eigenvalue weighted by Crippen LogP contribution is -2.75. The van der Waals surface area contributed by atoms with Crippen LogP contribution >= 0.6 is 0 Å². The first kappa shape index (κ1) is 69.4. The summed E-state index contributed by atoms with van der Waals surface area (Å²) in [7, 11) is 0. The van der Waals surface area contributed by atoms with E-state index in [9.17, 15) is 85.9 Å². The van der Waals surface area contributed by atoms with Gasteiger partial charge in [0.05, 0.1) is 37.4 Å². The predicted octanol–water partition coefficient (Wildman–Crippen LogP) is -1.44. The Kier molecular flexibility index (Phi) is 20.0. The average molecular weight is 1260 g/mol. The summed E-state index contributed by atoms with van der Waals surface area (Å²) in [5.41, 5.74) is -3.65. The molecule has 31 atom stereocenters. The molecular weight excluding hydrogens is 1160 g/mol. The quantitative estimate of drug-likeness (QED) is 0.0386. The second-order valence-electron chi connectivity index (χ2n) is 28.5. The Morgan fingerprint density at radius 1 is 0.614 bits per heavy atom. The van der Waals surface area contributed by atoms with Crippen molar-refractivity contribution in [2.24, 2.45) is 50.2 Å². The number of carbonyl (C=O) groups excluding carboxylic acids is 2. The lowest BCUT2D eigenvalue weighted by molar-refractivity contribution is -0.401. The fourth-order valence-corrected chi connectivity index (χ4v) is 17.7. The van der Waals surface area contributed by atoms with Gasteiger partial charge >= 0.3 is 17.9 Å². The molecule has 0 radical (unpaired) electrons. The Morgan fingerprint density at radius 2 is 1.17 bits per heavy atom. The van der Waals surface area contributed by atoms with Crippen molar-refractivity contribution < 1.29 is 133 Å². The normalized spacial score (nSPS) is 50.9. The molecule has 0 aromatic carbocycles. The van der Waals surface area contributed by atoms with Gasteiger partial charge in [0.25, 0.3) is 0 Å². The van der Waals surface area contributed by atoms with E-state index in [2.05, 4.69) is 40.7 Å². The van der Waals surface area contributed by atoms with E-state index in [-0.39, 0.29) is 11.8 Å². The molecule has 3 unspecified atom stereocenters. The van der Waals surface area contributed by atoms with E-state index < -0.39 is 223 Å². The molecule has 88 heavy (non-hydrogen) atoms. The number of carbonyl (C=O) groups is 3. The van der Waals surface area contributed by atoms with E-state index in [4.69, 9.17) is 47.4 Å². The number of allylic oxidation sites excluding steroid dienone is 2. The lowest BCUT2D eigenvalue weighted by atomic mass is 9.32. The van der Waals surface area contributed by atoms with Crippen molar-refractivity contribution >= 4 is 17.9 Å². The van der Waals surface area contributed by atoms with E-state index in [0.29, 0.717) is 50.5 Å². The highest BCUT2D eigenvalue weighted by molar-refractivity contribution is 5.87. The highest BCUT2D eigenvalue weighted by Crippen LogP contribution is 2.76. The van der Waals surface area contributed by atoms with E-state index in [1.807, 2.05) is 13.8 Å². The van der Waals surface area contributed by atoms with E-state index in [1.165, 1.54) is 13.8 Å². The van der Waals surface area contributed by atoms with Gasteiger partial charge in [0, 0.05) is 17.9 Å². The molecule has 0 spiro atoms. The van der Waals surface area contributed by atoms with E-state index >= 15 is 0 Å². The number of hydrogen-bond donors (Lipinski definition) is 14. The molecule has 0 amide bonds. The van der Waals surface area contributed by atoms with Gasteiger partial charge < -0.3 is 119 Å². The van der Waals surface area contributed by atoms with Crippen LogP contribution in [0, 0.1) is 50.2 Å². The minimum atomic E-state index is -2.22. The summed E-state index contributed by atoms with van der Waals surface area (Å²) < 4.78 is 61.2. The second-order valence-corrected chi connectivity index (χ2v) is 28.5. The van der Waals surface area contributed by atoms with Gasteiger partial charge in [-0.3, -0.25) is 4.79 Å². The average Bonchev–Trinajstić information content (AvgIpc) is 0.672. The minimum Gasteiger partial charge on any atom is -0.479 e. The Hall–Kier alpha value is -2.95. The smallest absolute Gasteiger partial charge is 0.335 e. The molecule has 27 heteroatoms. The zero-order valence-corrected chi connectivity index (χ0v) is 51.9. The first-order valence-electron chi connectivity index (χ1n) is 30.9. The predicted molar refractivity (Wildman–Crippen MR) is 299 cm³/mol. The summed E-state index contributed by atoms with van der Waals surface area (Å²) in [6.45, 7) is 18.2. The van der Waals surface area contributed by atoms with Gasteiger partial charge in [0.1, 0.15) is 104 Å². The molecule has 0 bridgehead atoms. The fraction of sp³-hybridized carbons (Fsp3) is 0.885. The molecule has 8 fully saturated rings. The Bertz CT molecular complexity index is 2580. The number of esters is 2. The van der Waals surface area contributed by atoms with Crippen LogP contribution in [0.4, 0.5) is 0 Å². The summed E-state index contributed by atoms with van der Waals surface area (Å²) in [5, 5.41) is 156. The monoisotopic (exact) mass is 1260 g/mol. The van der Waals surface area contributed by atoms with Crippen molar-refractivity contribution in [1.29, 1.82) is 0 Å². The zero-order chi connectivity index (χ0) is 65.0. The summed E-state index contributed by atoms with van der Waals surface area (Å²) in [6, 6.07) is 0. The number of ether oxygens (including phenoxy) is 10. The van der Waals surface area contributed by atoms with Gasteiger partial charge in [-0.05, 0) is 105 Å². The minimum absolute atomic E-state index is 0.144. The molecule has 4 aliphatic heterocycles. The SMILES string of the molecule is C/C=C(/C)C(=O)O[C@H]1CC(C)(C)C[C@H]2C3=CCC4[C@@]5(C)CC[C@H](O[C@@H]6O[C@H](C(=O)O)[C@@H](O[C@@H]7O[C@H](CO)[C@H](O)[C@H](O)[C@H]7O[C@@H]7O[C@H](CO)[C@@H](O)[C@H](O)[C@H]7O)[C@H](O)[C@H]6OC6O[C@@H](C)[C@H](O)[C@@H](O)[C@H]6O)C(C)(C)C5CC[C@@]4(C)[C@]3(C)[C@@H](OC(C)=O)[C@@H](O)[C@@]12CO. The van der Waals surface area contributed by atoms with Crippen molar-refractivity contribution in [3.63, 3.8) is 0 Å². The Balaban J connectivity index is 1.04. The topological polar surface area (TPSA) is 427 Å². The number of carboxylic acids is 1. The van der Waals surface area contributed by atoms with Crippen LogP contribution in [0.3, 0.4) is 0 Å². The molecule has 0 aromatic rings. The third-order valence-electron chi connectivity index (χ3n) is 22.9. The first-order chi connectivity index (χ1) is 41.1. The number of fused-ring (bicyclic) bond motifs is 7. The first-order valence-corrected chi connectivity index (χ1v) is 30.9.